The Bertz CT molecular complexity index is 1990. The summed E-state index contributed by atoms with van der Waals surface area (Å²) < 4.78 is 12.3. The molecule has 0 bridgehead atoms. The number of benzene rings is 6. The zero-order valence-electron chi connectivity index (χ0n) is 21.8. The SMILES string of the molecule is O=C1C(=O)c2ccc(Oc3ccc(-c4ccc(Oc5ccc6c7c(cccc57)C(=O)C6=O)cc4)cc3)c3cccc1c23. The number of carbonyl (C=O) groups excluding carboxylic acids is 4. The van der Waals surface area contributed by atoms with Crippen LogP contribution in [-0.2, 0) is 0 Å². The van der Waals surface area contributed by atoms with Gasteiger partial charge in [-0.15, -0.1) is 0 Å². The van der Waals surface area contributed by atoms with Gasteiger partial charge in [-0.25, -0.2) is 0 Å². The fourth-order valence-electron chi connectivity index (χ4n) is 5.87. The molecule has 0 spiro atoms. The summed E-state index contributed by atoms with van der Waals surface area (Å²) >= 11 is 0. The highest BCUT2D eigenvalue weighted by Gasteiger charge is 2.32. The van der Waals surface area contributed by atoms with E-state index < -0.39 is 23.1 Å². The van der Waals surface area contributed by atoms with Gasteiger partial charge in [-0.05, 0) is 59.7 Å². The summed E-state index contributed by atoms with van der Waals surface area (Å²) in [4.78, 5) is 49.2. The molecular formula is C36H18O6. The standard InChI is InChI=1S/C36H18O6/c37-33-25-5-1-3-23-29(17-15-27(31(23)25)35(33)39)41-21-11-7-19(8-12-21)20-9-13-22(14-10-20)42-30-18-16-28-32-24(30)4-2-6-26(32)34(38)36(28)40/h1-18H. The molecule has 0 aromatic heterocycles. The predicted molar refractivity (Wildman–Crippen MR) is 157 cm³/mol. The summed E-state index contributed by atoms with van der Waals surface area (Å²) in [6.45, 7) is 0. The van der Waals surface area contributed by atoms with Crippen molar-refractivity contribution in [3.63, 3.8) is 0 Å². The summed E-state index contributed by atoms with van der Waals surface area (Å²) in [5.74, 6) is 0.474. The van der Waals surface area contributed by atoms with E-state index in [4.69, 9.17) is 9.47 Å². The number of carbonyl (C=O) groups is 4. The Labute approximate surface area is 238 Å². The first-order valence-electron chi connectivity index (χ1n) is 13.3. The molecule has 0 N–H and O–H groups in total. The molecule has 0 fully saturated rings. The zero-order chi connectivity index (χ0) is 28.5. The van der Waals surface area contributed by atoms with Gasteiger partial charge < -0.3 is 9.47 Å². The van der Waals surface area contributed by atoms with Crippen molar-refractivity contribution in [1.29, 1.82) is 0 Å². The summed E-state index contributed by atoms with van der Waals surface area (Å²) in [7, 11) is 0. The van der Waals surface area contributed by atoms with Gasteiger partial charge in [0.15, 0.2) is 0 Å². The highest BCUT2D eigenvalue weighted by molar-refractivity contribution is 6.58. The molecule has 0 atom stereocenters. The lowest BCUT2D eigenvalue weighted by Gasteiger charge is -2.12. The normalized spacial score (nSPS) is 13.4. The third-order valence-electron chi connectivity index (χ3n) is 7.89. The Kier molecular flexibility index (Phi) is 5.03. The van der Waals surface area contributed by atoms with Crippen LogP contribution in [0.3, 0.4) is 0 Å². The molecule has 0 saturated heterocycles. The van der Waals surface area contributed by atoms with E-state index in [0.717, 1.165) is 21.9 Å². The third kappa shape index (κ3) is 3.45. The predicted octanol–water partition coefficient (Wildman–Crippen LogP) is 8.00. The van der Waals surface area contributed by atoms with E-state index in [1.54, 1.807) is 48.5 Å². The molecule has 0 saturated carbocycles. The lowest BCUT2D eigenvalue weighted by Crippen LogP contribution is -2.05. The van der Waals surface area contributed by atoms with E-state index in [2.05, 4.69) is 0 Å². The third-order valence-corrected chi connectivity index (χ3v) is 7.89. The maximum atomic E-state index is 12.3. The van der Waals surface area contributed by atoms with Gasteiger partial charge in [-0.3, -0.25) is 19.2 Å². The van der Waals surface area contributed by atoms with Gasteiger partial charge in [0.05, 0.1) is 0 Å². The van der Waals surface area contributed by atoms with Crippen LogP contribution in [0.5, 0.6) is 23.0 Å². The quantitative estimate of drug-likeness (QED) is 0.204. The highest BCUT2D eigenvalue weighted by atomic mass is 16.5. The summed E-state index contributed by atoms with van der Waals surface area (Å²) in [5, 5.41) is 2.73. The number of hydrogen-bond donors (Lipinski definition) is 0. The van der Waals surface area contributed by atoms with Crippen molar-refractivity contribution in [2.24, 2.45) is 0 Å². The fraction of sp³-hybridized carbons (Fsp3) is 0. The van der Waals surface area contributed by atoms with Crippen molar-refractivity contribution in [3.05, 3.63) is 131 Å². The largest absolute Gasteiger partial charge is 0.457 e. The molecule has 0 aliphatic heterocycles. The second kappa shape index (κ2) is 8.81. The summed E-state index contributed by atoms with van der Waals surface area (Å²) in [6, 6.07) is 32.6. The van der Waals surface area contributed by atoms with E-state index in [0.29, 0.717) is 56.0 Å². The van der Waals surface area contributed by atoms with Gasteiger partial charge in [0.1, 0.15) is 23.0 Å². The monoisotopic (exact) mass is 546 g/mol. The molecule has 0 heterocycles. The molecule has 2 aliphatic rings. The minimum Gasteiger partial charge on any atom is -0.457 e. The second-order valence-corrected chi connectivity index (χ2v) is 10.2. The Morgan fingerprint density at radius 2 is 0.714 bits per heavy atom. The van der Waals surface area contributed by atoms with Gasteiger partial charge in [-0.2, -0.15) is 0 Å². The maximum Gasteiger partial charge on any atom is 0.234 e. The van der Waals surface area contributed by atoms with E-state index in [1.807, 2.05) is 60.7 Å². The van der Waals surface area contributed by atoms with Crippen LogP contribution in [-0.4, -0.2) is 23.1 Å². The van der Waals surface area contributed by atoms with Crippen molar-refractivity contribution < 1.29 is 28.7 Å². The highest BCUT2D eigenvalue weighted by Crippen LogP contribution is 2.40. The first kappa shape index (κ1) is 24.0. The van der Waals surface area contributed by atoms with Crippen LogP contribution in [0.15, 0.2) is 109 Å². The zero-order valence-corrected chi connectivity index (χ0v) is 21.8. The topological polar surface area (TPSA) is 86.7 Å². The fourth-order valence-corrected chi connectivity index (χ4v) is 5.87. The van der Waals surface area contributed by atoms with Crippen molar-refractivity contribution in [1.82, 2.24) is 0 Å². The molecule has 0 radical (unpaired) electrons. The Morgan fingerprint density at radius 1 is 0.357 bits per heavy atom. The van der Waals surface area contributed by atoms with Crippen LogP contribution in [0, 0.1) is 0 Å². The maximum absolute atomic E-state index is 12.3. The summed E-state index contributed by atoms with van der Waals surface area (Å²) in [6.07, 6.45) is 0. The minimum absolute atomic E-state index is 0.416. The number of rotatable bonds is 5. The second-order valence-electron chi connectivity index (χ2n) is 10.2. The lowest BCUT2D eigenvalue weighted by molar-refractivity contribution is 0.0825. The minimum atomic E-state index is -0.480. The average Bonchev–Trinajstić information content (AvgIpc) is 3.43. The number of ketones is 4. The molecule has 198 valence electrons. The van der Waals surface area contributed by atoms with Gasteiger partial charge in [-0.1, -0.05) is 60.7 Å². The Balaban J connectivity index is 1.03. The van der Waals surface area contributed by atoms with E-state index in [-0.39, 0.29) is 0 Å². The van der Waals surface area contributed by atoms with Crippen molar-refractivity contribution in [3.8, 4) is 34.1 Å². The lowest BCUT2D eigenvalue weighted by atomic mass is 10.0. The van der Waals surface area contributed by atoms with Crippen molar-refractivity contribution in [2.75, 3.05) is 0 Å². The molecule has 6 aromatic rings. The van der Waals surface area contributed by atoms with Crippen molar-refractivity contribution >= 4 is 44.7 Å². The molecule has 6 nitrogen and oxygen atoms in total. The van der Waals surface area contributed by atoms with Crippen LogP contribution in [0.1, 0.15) is 41.4 Å². The Morgan fingerprint density at radius 3 is 1.10 bits per heavy atom. The number of ether oxygens (including phenoxy) is 2. The summed E-state index contributed by atoms with van der Waals surface area (Å²) in [5.41, 5.74) is 3.62. The smallest absolute Gasteiger partial charge is 0.234 e. The molecule has 0 unspecified atom stereocenters. The van der Waals surface area contributed by atoms with Crippen LogP contribution in [0.2, 0.25) is 0 Å². The molecule has 6 aromatic carbocycles. The van der Waals surface area contributed by atoms with E-state index in [9.17, 15) is 19.2 Å². The Hall–Kier alpha value is -5.88. The molecule has 2 aliphatic carbocycles. The van der Waals surface area contributed by atoms with Crippen molar-refractivity contribution in [2.45, 2.75) is 0 Å². The van der Waals surface area contributed by atoms with E-state index in [1.165, 1.54) is 0 Å². The molecule has 8 rings (SSSR count). The van der Waals surface area contributed by atoms with Crippen LogP contribution in [0.4, 0.5) is 0 Å². The van der Waals surface area contributed by atoms with Crippen LogP contribution < -0.4 is 9.47 Å². The molecule has 0 amide bonds. The number of hydrogen-bond acceptors (Lipinski definition) is 6. The molecular weight excluding hydrogens is 528 g/mol. The first-order valence-corrected chi connectivity index (χ1v) is 13.3. The van der Waals surface area contributed by atoms with Gasteiger partial charge >= 0.3 is 0 Å². The van der Waals surface area contributed by atoms with E-state index >= 15 is 0 Å². The molecule has 6 heteroatoms. The molecule has 42 heavy (non-hydrogen) atoms. The van der Waals surface area contributed by atoms with Gasteiger partial charge in [0.2, 0.25) is 23.1 Å². The van der Waals surface area contributed by atoms with Crippen LogP contribution >= 0.6 is 0 Å². The average molecular weight is 547 g/mol. The first-order chi connectivity index (χ1) is 20.5. The number of Topliss-reactive ketones (excluding diaryl/α,β-unsaturated/α-hetero) is 4. The van der Waals surface area contributed by atoms with Gasteiger partial charge in [0.25, 0.3) is 0 Å². The van der Waals surface area contributed by atoms with Crippen LogP contribution in [0.25, 0.3) is 32.7 Å². The van der Waals surface area contributed by atoms with Gasteiger partial charge in [0, 0.05) is 43.8 Å².